The lowest BCUT2D eigenvalue weighted by molar-refractivity contribution is 0.106. The third-order valence-corrected chi connectivity index (χ3v) is 4.69. The molecule has 2 atom stereocenters. The van der Waals surface area contributed by atoms with Crippen molar-refractivity contribution in [2.75, 3.05) is 20.6 Å². The number of nitrogens with zero attached hydrogens (tertiary/aromatic N) is 1. The van der Waals surface area contributed by atoms with Gasteiger partial charge in [0.15, 0.2) is 0 Å². The first kappa shape index (κ1) is 15.0. The Morgan fingerprint density at radius 1 is 1.29 bits per heavy atom. The molecule has 1 aliphatic rings. The van der Waals surface area contributed by atoms with E-state index in [4.69, 9.17) is 0 Å². The van der Waals surface area contributed by atoms with Crippen molar-refractivity contribution >= 4 is 0 Å². The van der Waals surface area contributed by atoms with E-state index >= 15 is 0 Å². The fourth-order valence-electron chi connectivity index (χ4n) is 2.63. The lowest BCUT2D eigenvalue weighted by atomic mass is 9.84. The van der Waals surface area contributed by atoms with E-state index in [1.807, 2.05) is 0 Å². The Labute approximate surface area is 108 Å². The summed E-state index contributed by atoms with van der Waals surface area (Å²) in [5, 5.41) is 3.78. The van der Waals surface area contributed by atoms with Crippen LogP contribution in [-0.2, 0) is 0 Å². The van der Waals surface area contributed by atoms with E-state index in [0.717, 1.165) is 12.5 Å². The molecule has 0 aliphatic heterocycles. The van der Waals surface area contributed by atoms with Crippen LogP contribution in [-0.4, -0.2) is 37.1 Å². The van der Waals surface area contributed by atoms with E-state index in [1.54, 1.807) is 0 Å². The smallest absolute Gasteiger partial charge is 0.0325 e. The average molecular weight is 240 g/mol. The first-order valence-electron chi connectivity index (χ1n) is 7.45. The number of nitrogens with one attached hydrogen (secondary N) is 1. The summed E-state index contributed by atoms with van der Waals surface area (Å²) in [6.45, 7) is 8.13. The Balaban J connectivity index is 2.56. The fraction of sp³-hybridized carbons (Fsp3) is 1.00. The highest BCUT2D eigenvalue weighted by molar-refractivity contribution is 4.95. The second-order valence-corrected chi connectivity index (χ2v) is 6.13. The van der Waals surface area contributed by atoms with Crippen molar-refractivity contribution in [2.45, 2.75) is 70.9 Å². The van der Waals surface area contributed by atoms with Crippen molar-refractivity contribution in [1.29, 1.82) is 0 Å². The molecule has 102 valence electrons. The standard InChI is InChI=1S/C15H32N2/c1-6-12-16-14(11-10-13-8-9-13)15(3,7-2)17(4)5/h13-14,16H,6-12H2,1-5H3. The maximum atomic E-state index is 3.78. The van der Waals surface area contributed by atoms with Crippen LogP contribution in [0.2, 0.25) is 0 Å². The molecule has 2 heteroatoms. The van der Waals surface area contributed by atoms with Gasteiger partial charge in [-0.05, 0) is 59.2 Å². The molecule has 1 N–H and O–H groups in total. The van der Waals surface area contributed by atoms with Gasteiger partial charge < -0.3 is 10.2 Å². The summed E-state index contributed by atoms with van der Waals surface area (Å²) < 4.78 is 0. The van der Waals surface area contributed by atoms with Crippen LogP contribution >= 0.6 is 0 Å². The van der Waals surface area contributed by atoms with Crippen molar-refractivity contribution in [3.63, 3.8) is 0 Å². The van der Waals surface area contributed by atoms with Crippen molar-refractivity contribution in [3.05, 3.63) is 0 Å². The molecule has 2 nitrogen and oxygen atoms in total. The molecule has 0 saturated heterocycles. The molecule has 0 bridgehead atoms. The van der Waals surface area contributed by atoms with E-state index in [2.05, 4.69) is 45.1 Å². The molecule has 2 unspecified atom stereocenters. The molecule has 17 heavy (non-hydrogen) atoms. The van der Waals surface area contributed by atoms with Crippen molar-refractivity contribution < 1.29 is 0 Å². The molecular weight excluding hydrogens is 208 g/mol. The maximum Gasteiger partial charge on any atom is 0.0325 e. The lowest BCUT2D eigenvalue weighted by Crippen LogP contribution is -2.57. The van der Waals surface area contributed by atoms with Gasteiger partial charge in [0, 0.05) is 11.6 Å². The van der Waals surface area contributed by atoms with Crippen molar-refractivity contribution in [2.24, 2.45) is 5.92 Å². The van der Waals surface area contributed by atoms with Gasteiger partial charge in [-0.25, -0.2) is 0 Å². The third kappa shape index (κ3) is 4.26. The molecule has 0 aromatic carbocycles. The van der Waals surface area contributed by atoms with Gasteiger partial charge in [-0.1, -0.05) is 26.7 Å². The average Bonchev–Trinajstić information content (AvgIpc) is 3.12. The summed E-state index contributed by atoms with van der Waals surface area (Å²) in [5.74, 6) is 1.05. The summed E-state index contributed by atoms with van der Waals surface area (Å²) in [7, 11) is 4.45. The molecule has 0 spiro atoms. The number of rotatable bonds is 9. The van der Waals surface area contributed by atoms with Crippen LogP contribution in [0.5, 0.6) is 0 Å². The van der Waals surface area contributed by atoms with Crippen LogP contribution < -0.4 is 5.32 Å². The molecule has 0 aromatic rings. The molecule has 1 saturated carbocycles. The summed E-state index contributed by atoms with van der Waals surface area (Å²) in [5.41, 5.74) is 0.296. The van der Waals surface area contributed by atoms with Crippen LogP contribution in [0, 0.1) is 5.92 Å². The molecular formula is C15H32N2. The van der Waals surface area contributed by atoms with Gasteiger partial charge in [-0.3, -0.25) is 0 Å². The Kier molecular flexibility index (Phi) is 5.94. The van der Waals surface area contributed by atoms with Crippen molar-refractivity contribution in [1.82, 2.24) is 10.2 Å². The van der Waals surface area contributed by atoms with Crippen molar-refractivity contribution in [3.8, 4) is 0 Å². The summed E-state index contributed by atoms with van der Waals surface area (Å²) in [6.07, 6.45) is 8.16. The van der Waals surface area contributed by atoms with E-state index in [0.29, 0.717) is 11.6 Å². The fourth-order valence-corrected chi connectivity index (χ4v) is 2.63. The Morgan fingerprint density at radius 2 is 1.94 bits per heavy atom. The predicted octanol–water partition coefficient (Wildman–Crippen LogP) is 3.28. The van der Waals surface area contributed by atoms with Gasteiger partial charge in [0.25, 0.3) is 0 Å². The Hall–Kier alpha value is -0.0800. The monoisotopic (exact) mass is 240 g/mol. The largest absolute Gasteiger partial charge is 0.312 e. The minimum atomic E-state index is 0.296. The third-order valence-electron chi connectivity index (χ3n) is 4.69. The highest BCUT2D eigenvalue weighted by Gasteiger charge is 2.35. The first-order chi connectivity index (χ1) is 8.04. The molecule has 0 aromatic heterocycles. The van der Waals surface area contributed by atoms with Gasteiger partial charge in [-0.2, -0.15) is 0 Å². The molecule has 1 fully saturated rings. The van der Waals surface area contributed by atoms with Gasteiger partial charge in [0.1, 0.15) is 0 Å². The number of likely N-dealkylation sites (N-methyl/N-ethyl adjacent to an activating group) is 1. The highest BCUT2D eigenvalue weighted by Crippen LogP contribution is 2.35. The molecule has 1 rings (SSSR count). The Bertz CT molecular complexity index is 211. The SMILES string of the molecule is CCCNC(CCC1CC1)C(C)(CC)N(C)C. The van der Waals surface area contributed by atoms with Gasteiger partial charge in [0.05, 0.1) is 0 Å². The summed E-state index contributed by atoms with van der Waals surface area (Å²) in [4.78, 5) is 2.41. The minimum Gasteiger partial charge on any atom is -0.312 e. The van der Waals surface area contributed by atoms with Crippen LogP contribution in [0.15, 0.2) is 0 Å². The highest BCUT2D eigenvalue weighted by atomic mass is 15.2. The first-order valence-corrected chi connectivity index (χ1v) is 7.45. The van der Waals surface area contributed by atoms with E-state index in [-0.39, 0.29) is 0 Å². The molecule has 1 aliphatic carbocycles. The number of hydrogen-bond acceptors (Lipinski definition) is 2. The normalized spacial score (nSPS) is 21.5. The zero-order valence-corrected chi connectivity index (χ0v) is 12.6. The van der Waals surface area contributed by atoms with E-state index in [1.165, 1.54) is 38.5 Å². The maximum absolute atomic E-state index is 3.78. The molecule has 0 amide bonds. The Morgan fingerprint density at radius 3 is 2.35 bits per heavy atom. The van der Waals surface area contributed by atoms with Gasteiger partial charge in [-0.15, -0.1) is 0 Å². The predicted molar refractivity (Wildman–Crippen MR) is 76.4 cm³/mol. The number of hydrogen-bond donors (Lipinski definition) is 1. The molecule has 0 radical (unpaired) electrons. The summed E-state index contributed by atoms with van der Waals surface area (Å²) >= 11 is 0. The topological polar surface area (TPSA) is 15.3 Å². The second kappa shape index (κ2) is 6.75. The second-order valence-electron chi connectivity index (χ2n) is 6.13. The lowest BCUT2D eigenvalue weighted by Gasteiger charge is -2.43. The zero-order valence-electron chi connectivity index (χ0n) is 12.6. The minimum absolute atomic E-state index is 0.296. The quantitative estimate of drug-likeness (QED) is 0.665. The van der Waals surface area contributed by atoms with E-state index < -0.39 is 0 Å². The van der Waals surface area contributed by atoms with Gasteiger partial charge in [0.2, 0.25) is 0 Å². The summed E-state index contributed by atoms with van der Waals surface area (Å²) in [6, 6.07) is 0.642. The zero-order chi connectivity index (χ0) is 12.9. The molecule has 0 heterocycles. The van der Waals surface area contributed by atoms with Gasteiger partial charge >= 0.3 is 0 Å². The van der Waals surface area contributed by atoms with Crippen LogP contribution in [0.1, 0.15) is 59.3 Å². The van der Waals surface area contributed by atoms with Crippen LogP contribution in [0.3, 0.4) is 0 Å². The van der Waals surface area contributed by atoms with Crippen LogP contribution in [0.4, 0.5) is 0 Å². The van der Waals surface area contributed by atoms with E-state index in [9.17, 15) is 0 Å². The van der Waals surface area contributed by atoms with Crippen LogP contribution in [0.25, 0.3) is 0 Å².